The van der Waals surface area contributed by atoms with Crippen molar-refractivity contribution in [2.24, 2.45) is 0 Å². The Bertz CT molecular complexity index is 1100. The molecule has 0 saturated carbocycles. The topological polar surface area (TPSA) is 56.4 Å². The van der Waals surface area contributed by atoms with Gasteiger partial charge in [-0.3, -0.25) is 9.59 Å². The monoisotopic (exact) mass is 393 g/mol. The lowest BCUT2D eigenvalue weighted by atomic mass is 10.1. The molecule has 0 radical (unpaired) electrons. The molecule has 0 spiro atoms. The summed E-state index contributed by atoms with van der Waals surface area (Å²) in [5.41, 5.74) is 2.94. The highest BCUT2D eigenvalue weighted by molar-refractivity contribution is 5.82. The van der Waals surface area contributed by atoms with Crippen LogP contribution in [0.15, 0.2) is 53.3 Å². The minimum Gasteiger partial charge on any atom is -0.366 e. The third-order valence-electron chi connectivity index (χ3n) is 5.60. The van der Waals surface area contributed by atoms with Crippen LogP contribution >= 0.6 is 0 Å². The van der Waals surface area contributed by atoms with Crippen LogP contribution in [-0.2, 0) is 11.2 Å². The van der Waals surface area contributed by atoms with Crippen molar-refractivity contribution in [3.63, 3.8) is 0 Å². The second-order valence-corrected chi connectivity index (χ2v) is 7.48. The van der Waals surface area contributed by atoms with Crippen molar-refractivity contribution in [3.8, 4) is 0 Å². The van der Waals surface area contributed by atoms with Gasteiger partial charge in [0.15, 0.2) is 0 Å². The van der Waals surface area contributed by atoms with Crippen LogP contribution in [0.5, 0.6) is 0 Å². The van der Waals surface area contributed by atoms with Gasteiger partial charge in [0.1, 0.15) is 5.82 Å². The molecule has 0 aliphatic carbocycles. The molecule has 1 aromatic heterocycles. The SMILES string of the molecule is Cc1cccc2cc(CCC(=O)N3CCN(c4ccccc4F)CC3)c(=O)[nH]c12. The van der Waals surface area contributed by atoms with Gasteiger partial charge in [-0.05, 0) is 42.5 Å². The summed E-state index contributed by atoms with van der Waals surface area (Å²) in [4.78, 5) is 31.7. The summed E-state index contributed by atoms with van der Waals surface area (Å²) in [6, 6.07) is 14.5. The molecule has 150 valence electrons. The van der Waals surface area contributed by atoms with Gasteiger partial charge in [0.05, 0.1) is 11.2 Å². The maximum atomic E-state index is 14.0. The van der Waals surface area contributed by atoms with E-state index in [1.807, 2.05) is 42.2 Å². The van der Waals surface area contributed by atoms with Crippen molar-refractivity contribution in [2.45, 2.75) is 19.8 Å². The fourth-order valence-corrected chi connectivity index (χ4v) is 3.92. The van der Waals surface area contributed by atoms with Gasteiger partial charge in [0.25, 0.3) is 5.56 Å². The minimum atomic E-state index is -0.238. The van der Waals surface area contributed by atoms with Crippen molar-refractivity contribution >= 4 is 22.5 Å². The number of rotatable bonds is 4. The number of aromatic nitrogens is 1. The lowest BCUT2D eigenvalue weighted by Gasteiger charge is -2.36. The minimum absolute atomic E-state index is 0.0296. The number of aromatic amines is 1. The highest BCUT2D eigenvalue weighted by Crippen LogP contribution is 2.20. The lowest BCUT2D eigenvalue weighted by Crippen LogP contribution is -2.49. The average Bonchev–Trinajstić information content (AvgIpc) is 2.73. The number of piperazine rings is 1. The molecule has 1 saturated heterocycles. The highest BCUT2D eigenvalue weighted by atomic mass is 19.1. The van der Waals surface area contributed by atoms with Gasteiger partial charge in [-0.1, -0.05) is 30.3 Å². The first-order valence-electron chi connectivity index (χ1n) is 9.92. The van der Waals surface area contributed by atoms with E-state index in [1.165, 1.54) is 6.07 Å². The van der Waals surface area contributed by atoms with Crippen molar-refractivity contribution in [1.82, 2.24) is 9.88 Å². The van der Waals surface area contributed by atoms with E-state index in [9.17, 15) is 14.0 Å². The van der Waals surface area contributed by atoms with E-state index in [0.717, 1.165) is 16.5 Å². The second kappa shape index (κ2) is 8.07. The summed E-state index contributed by atoms with van der Waals surface area (Å²) in [5, 5.41) is 0.977. The molecular weight excluding hydrogens is 369 g/mol. The number of anilines is 1. The Balaban J connectivity index is 1.37. The van der Waals surface area contributed by atoms with E-state index >= 15 is 0 Å². The Kier molecular flexibility index (Phi) is 5.34. The zero-order valence-electron chi connectivity index (χ0n) is 16.5. The molecule has 0 atom stereocenters. The van der Waals surface area contributed by atoms with Crippen molar-refractivity contribution in [1.29, 1.82) is 0 Å². The molecule has 1 amide bonds. The molecule has 0 bridgehead atoms. The third kappa shape index (κ3) is 4.01. The normalized spacial score (nSPS) is 14.4. The van der Waals surface area contributed by atoms with E-state index in [-0.39, 0.29) is 17.3 Å². The van der Waals surface area contributed by atoms with Crippen LogP contribution in [-0.4, -0.2) is 42.0 Å². The van der Waals surface area contributed by atoms with E-state index in [4.69, 9.17) is 0 Å². The molecular formula is C23H24FN3O2. The zero-order valence-corrected chi connectivity index (χ0v) is 16.5. The molecule has 2 heterocycles. The van der Waals surface area contributed by atoms with Crippen LogP contribution in [0.3, 0.4) is 0 Å². The maximum Gasteiger partial charge on any atom is 0.251 e. The van der Waals surface area contributed by atoms with Gasteiger partial charge < -0.3 is 14.8 Å². The van der Waals surface area contributed by atoms with Gasteiger partial charge in [0.2, 0.25) is 5.91 Å². The summed E-state index contributed by atoms with van der Waals surface area (Å²) in [6.07, 6.45) is 0.700. The summed E-state index contributed by atoms with van der Waals surface area (Å²) in [6.45, 7) is 4.27. The molecule has 6 heteroatoms. The van der Waals surface area contributed by atoms with Gasteiger partial charge in [0, 0.05) is 38.2 Å². The zero-order chi connectivity index (χ0) is 20.4. The summed E-state index contributed by atoms with van der Waals surface area (Å²) in [7, 11) is 0. The first-order valence-corrected chi connectivity index (χ1v) is 9.92. The Morgan fingerprint density at radius 2 is 1.83 bits per heavy atom. The number of carbonyl (C=O) groups is 1. The van der Waals surface area contributed by atoms with Crippen LogP contribution in [0, 0.1) is 12.7 Å². The van der Waals surface area contributed by atoms with E-state index in [2.05, 4.69) is 4.98 Å². The van der Waals surface area contributed by atoms with Crippen molar-refractivity contribution < 1.29 is 9.18 Å². The molecule has 1 aliphatic rings. The molecule has 0 unspecified atom stereocenters. The van der Waals surface area contributed by atoms with Crippen LogP contribution in [0.4, 0.5) is 10.1 Å². The number of H-pyrrole nitrogens is 1. The quantitative estimate of drug-likeness (QED) is 0.740. The summed E-state index contributed by atoms with van der Waals surface area (Å²) >= 11 is 0. The molecule has 3 aromatic rings. The Morgan fingerprint density at radius 3 is 2.59 bits per heavy atom. The maximum absolute atomic E-state index is 14.0. The average molecular weight is 393 g/mol. The van der Waals surface area contributed by atoms with Gasteiger partial charge >= 0.3 is 0 Å². The Labute approximate surface area is 168 Å². The molecule has 4 rings (SSSR count). The highest BCUT2D eigenvalue weighted by Gasteiger charge is 2.22. The number of benzene rings is 2. The molecule has 29 heavy (non-hydrogen) atoms. The number of nitrogens with one attached hydrogen (secondary N) is 1. The standard InChI is InChI=1S/C23H24FN3O2/c1-16-5-4-6-17-15-18(23(29)25-22(16)17)9-10-21(28)27-13-11-26(12-14-27)20-8-3-2-7-19(20)24/h2-8,15H,9-14H2,1H3,(H,25,29). The molecule has 5 nitrogen and oxygen atoms in total. The number of pyridine rings is 1. The predicted molar refractivity (Wildman–Crippen MR) is 113 cm³/mol. The largest absolute Gasteiger partial charge is 0.366 e. The van der Waals surface area contributed by atoms with E-state index < -0.39 is 0 Å². The number of amides is 1. The predicted octanol–water partition coefficient (Wildman–Crippen LogP) is 3.26. The molecule has 1 fully saturated rings. The van der Waals surface area contributed by atoms with Gasteiger partial charge in [-0.2, -0.15) is 0 Å². The number of carbonyl (C=O) groups excluding carboxylic acids is 1. The van der Waals surface area contributed by atoms with Crippen LogP contribution in [0.2, 0.25) is 0 Å². The second-order valence-electron chi connectivity index (χ2n) is 7.48. The fourth-order valence-electron chi connectivity index (χ4n) is 3.92. The number of fused-ring (bicyclic) bond motifs is 1. The number of para-hydroxylation sites is 2. The number of hydrogen-bond donors (Lipinski definition) is 1. The van der Waals surface area contributed by atoms with Crippen LogP contribution in [0.25, 0.3) is 10.9 Å². The first-order chi connectivity index (χ1) is 14.0. The van der Waals surface area contributed by atoms with Gasteiger partial charge in [-0.25, -0.2) is 4.39 Å². The van der Waals surface area contributed by atoms with Crippen LogP contribution in [0.1, 0.15) is 17.5 Å². The number of nitrogens with zero attached hydrogens (tertiary/aromatic N) is 2. The number of halogens is 1. The summed E-state index contributed by atoms with van der Waals surface area (Å²) in [5.74, 6) is -0.208. The van der Waals surface area contributed by atoms with E-state index in [1.54, 1.807) is 17.0 Å². The number of aryl methyl sites for hydroxylation is 2. The molecule has 1 aliphatic heterocycles. The third-order valence-corrected chi connectivity index (χ3v) is 5.60. The van der Waals surface area contributed by atoms with Crippen LogP contribution < -0.4 is 10.5 Å². The summed E-state index contributed by atoms with van der Waals surface area (Å²) < 4.78 is 14.0. The van der Waals surface area contributed by atoms with E-state index in [0.29, 0.717) is 50.3 Å². The number of hydrogen-bond acceptors (Lipinski definition) is 3. The van der Waals surface area contributed by atoms with Crippen molar-refractivity contribution in [3.05, 3.63) is 75.8 Å². The van der Waals surface area contributed by atoms with Crippen molar-refractivity contribution in [2.75, 3.05) is 31.1 Å². The first kappa shape index (κ1) is 19.2. The fraction of sp³-hybridized carbons (Fsp3) is 0.304. The smallest absolute Gasteiger partial charge is 0.251 e. The lowest BCUT2D eigenvalue weighted by molar-refractivity contribution is -0.131. The molecule has 2 aromatic carbocycles. The Hall–Kier alpha value is -3.15. The van der Waals surface area contributed by atoms with Gasteiger partial charge in [-0.15, -0.1) is 0 Å². The molecule has 1 N–H and O–H groups in total. The Morgan fingerprint density at radius 1 is 1.07 bits per heavy atom.